The number of methoxy groups -OCH3 is 1. The SMILES string of the molecule is COC(=O)c1ccc(C)c(NC(=O)C[C@H]2C[C@@H]3CC[C@@H]2C3)c1. The van der Waals surface area contributed by atoms with Gasteiger partial charge in [0.05, 0.1) is 12.7 Å². The van der Waals surface area contributed by atoms with Gasteiger partial charge < -0.3 is 10.1 Å². The fourth-order valence-corrected chi connectivity index (χ4v) is 4.07. The van der Waals surface area contributed by atoms with Gasteiger partial charge in [0.25, 0.3) is 0 Å². The largest absolute Gasteiger partial charge is 0.465 e. The number of anilines is 1. The third-order valence-corrected chi connectivity index (χ3v) is 5.26. The zero-order valence-electron chi connectivity index (χ0n) is 13.2. The molecule has 1 amide bonds. The monoisotopic (exact) mass is 301 g/mol. The van der Waals surface area contributed by atoms with Crippen LogP contribution in [0, 0.1) is 24.7 Å². The molecular weight excluding hydrogens is 278 g/mol. The van der Waals surface area contributed by atoms with Gasteiger partial charge in [-0.3, -0.25) is 4.79 Å². The zero-order valence-corrected chi connectivity index (χ0v) is 13.2. The van der Waals surface area contributed by atoms with Gasteiger partial charge in [-0.15, -0.1) is 0 Å². The lowest BCUT2D eigenvalue weighted by Gasteiger charge is -2.21. The Labute approximate surface area is 131 Å². The van der Waals surface area contributed by atoms with Crippen LogP contribution in [0.15, 0.2) is 18.2 Å². The minimum absolute atomic E-state index is 0.0580. The van der Waals surface area contributed by atoms with E-state index in [1.54, 1.807) is 12.1 Å². The molecule has 1 aromatic carbocycles. The molecule has 0 spiro atoms. The zero-order chi connectivity index (χ0) is 15.7. The Hall–Kier alpha value is -1.84. The Balaban J connectivity index is 1.64. The van der Waals surface area contributed by atoms with E-state index in [-0.39, 0.29) is 11.9 Å². The standard InChI is InChI=1S/C18H23NO3/c1-11-3-5-14(18(21)22-2)9-16(11)19-17(20)10-15-8-12-4-6-13(15)7-12/h3,5,9,12-13,15H,4,6-8,10H2,1-2H3,(H,19,20)/t12-,13-,15-/m1/s1. The molecule has 2 bridgehead atoms. The molecule has 0 heterocycles. The van der Waals surface area contributed by atoms with Crippen molar-refractivity contribution in [2.45, 2.75) is 39.0 Å². The molecule has 1 N–H and O–H groups in total. The number of benzene rings is 1. The van der Waals surface area contributed by atoms with Crippen molar-refractivity contribution in [1.29, 1.82) is 0 Å². The average molecular weight is 301 g/mol. The topological polar surface area (TPSA) is 55.4 Å². The Kier molecular flexibility index (Phi) is 4.19. The number of hydrogen-bond acceptors (Lipinski definition) is 3. The molecule has 0 radical (unpaired) electrons. The Bertz CT molecular complexity index is 596. The number of aryl methyl sites for hydroxylation is 1. The van der Waals surface area contributed by atoms with Gasteiger partial charge in [-0.1, -0.05) is 12.5 Å². The van der Waals surface area contributed by atoms with Crippen molar-refractivity contribution in [3.05, 3.63) is 29.3 Å². The molecular formula is C18H23NO3. The molecule has 0 unspecified atom stereocenters. The summed E-state index contributed by atoms with van der Waals surface area (Å²) in [5.41, 5.74) is 2.12. The number of hydrogen-bond donors (Lipinski definition) is 1. The highest BCUT2D eigenvalue weighted by Gasteiger charge is 2.40. The highest BCUT2D eigenvalue weighted by molar-refractivity contribution is 5.95. The molecule has 2 saturated carbocycles. The maximum Gasteiger partial charge on any atom is 0.337 e. The molecule has 2 aliphatic rings. The molecule has 4 nitrogen and oxygen atoms in total. The number of carbonyl (C=O) groups excluding carboxylic acids is 2. The van der Waals surface area contributed by atoms with Crippen LogP contribution in [0.4, 0.5) is 5.69 Å². The van der Waals surface area contributed by atoms with Gasteiger partial charge in [0, 0.05) is 12.1 Å². The fourth-order valence-electron chi connectivity index (χ4n) is 4.07. The van der Waals surface area contributed by atoms with Gasteiger partial charge in [0.2, 0.25) is 5.91 Å². The fraction of sp³-hybridized carbons (Fsp3) is 0.556. The molecule has 1 aromatic rings. The summed E-state index contributed by atoms with van der Waals surface area (Å²) in [6.07, 6.45) is 5.76. The summed E-state index contributed by atoms with van der Waals surface area (Å²) in [4.78, 5) is 23.9. The van der Waals surface area contributed by atoms with Crippen molar-refractivity contribution in [1.82, 2.24) is 0 Å². The summed E-state index contributed by atoms with van der Waals surface area (Å²) >= 11 is 0. The second-order valence-electron chi connectivity index (χ2n) is 6.71. The van der Waals surface area contributed by atoms with E-state index >= 15 is 0 Å². The Morgan fingerprint density at radius 2 is 2.09 bits per heavy atom. The minimum atomic E-state index is -0.386. The molecule has 0 saturated heterocycles. The van der Waals surface area contributed by atoms with Gasteiger partial charge in [0.1, 0.15) is 0 Å². The lowest BCUT2D eigenvalue weighted by atomic mass is 9.86. The van der Waals surface area contributed by atoms with Crippen LogP contribution in [0.25, 0.3) is 0 Å². The highest BCUT2D eigenvalue weighted by atomic mass is 16.5. The number of esters is 1. The summed E-state index contributed by atoms with van der Waals surface area (Å²) in [5.74, 6) is 1.82. The van der Waals surface area contributed by atoms with Crippen LogP contribution in [-0.4, -0.2) is 19.0 Å². The maximum absolute atomic E-state index is 12.3. The molecule has 2 fully saturated rings. The van der Waals surface area contributed by atoms with Crippen molar-refractivity contribution in [2.75, 3.05) is 12.4 Å². The number of carbonyl (C=O) groups is 2. The molecule has 0 aromatic heterocycles. The molecule has 0 aliphatic heterocycles. The summed E-state index contributed by atoms with van der Waals surface area (Å²) in [7, 11) is 1.36. The first-order valence-corrected chi connectivity index (χ1v) is 8.05. The van der Waals surface area contributed by atoms with Crippen LogP contribution in [0.3, 0.4) is 0 Å². The van der Waals surface area contributed by atoms with E-state index in [4.69, 9.17) is 4.74 Å². The van der Waals surface area contributed by atoms with Crippen molar-refractivity contribution in [3.63, 3.8) is 0 Å². The van der Waals surface area contributed by atoms with E-state index in [0.717, 1.165) is 17.4 Å². The normalized spacial score (nSPS) is 26.0. The van der Waals surface area contributed by atoms with Gasteiger partial charge >= 0.3 is 5.97 Å². The van der Waals surface area contributed by atoms with E-state index < -0.39 is 0 Å². The first kappa shape index (κ1) is 15.1. The first-order chi connectivity index (χ1) is 10.6. The van der Waals surface area contributed by atoms with E-state index in [2.05, 4.69) is 5.32 Å². The lowest BCUT2D eigenvalue weighted by Crippen LogP contribution is -2.20. The molecule has 4 heteroatoms. The maximum atomic E-state index is 12.3. The number of ether oxygens (including phenoxy) is 1. The van der Waals surface area contributed by atoms with E-state index in [1.807, 2.05) is 13.0 Å². The highest BCUT2D eigenvalue weighted by Crippen LogP contribution is 2.49. The lowest BCUT2D eigenvalue weighted by molar-refractivity contribution is -0.117. The van der Waals surface area contributed by atoms with E-state index in [1.165, 1.54) is 32.8 Å². The van der Waals surface area contributed by atoms with Gasteiger partial charge in [-0.25, -0.2) is 4.79 Å². The van der Waals surface area contributed by atoms with E-state index in [9.17, 15) is 9.59 Å². The molecule has 118 valence electrons. The van der Waals surface area contributed by atoms with Crippen LogP contribution >= 0.6 is 0 Å². The quantitative estimate of drug-likeness (QED) is 0.865. The smallest absolute Gasteiger partial charge is 0.337 e. The first-order valence-electron chi connectivity index (χ1n) is 8.05. The van der Waals surface area contributed by atoms with Crippen LogP contribution in [0.1, 0.15) is 48.0 Å². The summed E-state index contributed by atoms with van der Waals surface area (Å²) < 4.78 is 4.73. The van der Waals surface area contributed by atoms with Gasteiger partial charge in [-0.05, 0) is 61.6 Å². The predicted molar refractivity (Wildman–Crippen MR) is 84.7 cm³/mol. The van der Waals surface area contributed by atoms with Crippen LogP contribution in [0.2, 0.25) is 0 Å². The number of fused-ring (bicyclic) bond motifs is 2. The number of amides is 1. The van der Waals surface area contributed by atoms with Crippen LogP contribution in [0.5, 0.6) is 0 Å². The Morgan fingerprint density at radius 1 is 1.27 bits per heavy atom. The van der Waals surface area contributed by atoms with Crippen molar-refractivity contribution >= 4 is 17.6 Å². The summed E-state index contributed by atoms with van der Waals surface area (Å²) in [6.45, 7) is 1.92. The number of nitrogens with one attached hydrogen (secondary N) is 1. The van der Waals surface area contributed by atoms with Gasteiger partial charge in [-0.2, -0.15) is 0 Å². The molecule has 3 rings (SSSR count). The minimum Gasteiger partial charge on any atom is -0.465 e. The van der Waals surface area contributed by atoms with Crippen LogP contribution < -0.4 is 5.32 Å². The molecule has 2 aliphatic carbocycles. The third kappa shape index (κ3) is 3.01. The second kappa shape index (κ2) is 6.11. The van der Waals surface area contributed by atoms with Crippen molar-refractivity contribution in [2.24, 2.45) is 17.8 Å². The average Bonchev–Trinajstić information content (AvgIpc) is 3.11. The van der Waals surface area contributed by atoms with Crippen molar-refractivity contribution < 1.29 is 14.3 Å². The predicted octanol–water partition coefficient (Wildman–Crippen LogP) is 3.55. The third-order valence-electron chi connectivity index (χ3n) is 5.26. The Morgan fingerprint density at radius 3 is 2.73 bits per heavy atom. The number of rotatable bonds is 4. The molecule has 22 heavy (non-hydrogen) atoms. The summed E-state index contributed by atoms with van der Waals surface area (Å²) in [6, 6.07) is 5.24. The molecule has 3 atom stereocenters. The van der Waals surface area contributed by atoms with E-state index in [0.29, 0.717) is 23.6 Å². The van der Waals surface area contributed by atoms with Crippen LogP contribution in [-0.2, 0) is 9.53 Å². The second-order valence-corrected chi connectivity index (χ2v) is 6.71. The van der Waals surface area contributed by atoms with Crippen molar-refractivity contribution in [3.8, 4) is 0 Å². The summed E-state index contributed by atoms with van der Waals surface area (Å²) in [5, 5.41) is 2.97. The van der Waals surface area contributed by atoms with Gasteiger partial charge in [0.15, 0.2) is 0 Å².